The molecule has 1 aromatic heterocycles. The minimum Gasteiger partial charge on any atom is -0.353 e. The first-order valence-corrected chi connectivity index (χ1v) is 8.16. The lowest BCUT2D eigenvalue weighted by Crippen LogP contribution is -2.35. The van der Waals surface area contributed by atoms with E-state index in [1.165, 1.54) is 37.4 Å². The molecular weight excluding hydrogens is 276 g/mol. The number of thioether (sulfide) groups is 1. The number of carbonyl (C=O) groups is 1. The van der Waals surface area contributed by atoms with Crippen molar-refractivity contribution in [2.75, 3.05) is 12.3 Å². The fraction of sp³-hybridized carbons (Fsp3) is 0.833. The predicted octanol–water partition coefficient (Wildman–Crippen LogP) is 0.563. The smallest absolute Gasteiger partial charge is 0.230 e. The molecule has 112 valence electrons. The van der Waals surface area contributed by atoms with Crippen LogP contribution in [0.1, 0.15) is 38.5 Å². The van der Waals surface area contributed by atoms with E-state index in [2.05, 4.69) is 20.8 Å². The summed E-state index contributed by atoms with van der Waals surface area (Å²) in [6, 6.07) is 0.339. The first-order chi connectivity index (χ1) is 9.79. The standard InChI is InChI=1S/C12H22N6OS/c13-7-8-18-12(15-16-17-18)20-9-11(19)14-10-5-3-1-2-4-6-10/h10H,1-9,13H2,(H,14,19). The summed E-state index contributed by atoms with van der Waals surface area (Å²) in [5, 5.41) is 15.1. The summed E-state index contributed by atoms with van der Waals surface area (Å²) >= 11 is 1.35. The van der Waals surface area contributed by atoms with Gasteiger partial charge in [0.05, 0.1) is 12.3 Å². The molecule has 1 amide bonds. The van der Waals surface area contributed by atoms with Crippen LogP contribution in [0.15, 0.2) is 5.16 Å². The Morgan fingerprint density at radius 1 is 1.35 bits per heavy atom. The Hall–Kier alpha value is -1.15. The van der Waals surface area contributed by atoms with Crippen LogP contribution in [0.3, 0.4) is 0 Å². The lowest BCUT2D eigenvalue weighted by Gasteiger charge is -2.15. The van der Waals surface area contributed by atoms with Gasteiger partial charge in [-0.25, -0.2) is 4.68 Å². The predicted molar refractivity (Wildman–Crippen MR) is 77.2 cm³/mol. The van der Waals surface area contributed by atoms with Gasteiger partial charge in [-0.1, -0.05) is 37.4 Å². The third-order valence-corrected chi connectivity index (χ3v) is 4.35. The maximum atomic E-state index is 12.0. The summed E-state index contributed by atoms with van der Waals surface area (Å²) in [7, 11) is 0. The highest BCUT2D eigenvalue weighted by atomic mass is 32.2. The quantitative estimate of drug-likeness (QED) is 0.588. The minimum absolute atomic E-state index is 0.0594. The number of hydrogen-bond acceptors (Lipinski definition) is 6. The number of hydrogen-bond donors (Lipinski definition) is 2. The van der Waals surface area contributed by atoms with Crippen LogP contribution >= 0.6 is 11.8 Å². The van der Waals surface area contributed by atoms with Crippen LogP contribution in [-0.4, -0.2) is 44.5 Å². The third kappa shape index (κ3) is 4.75. The van der Waals surface area contributed by atoms with E-state index in [4.69, 9.17) is 5.73 Å². The lowest BCUT2D eigenvalue weighted by molar-refractivity contribution is -0.119. The van der Waals surface area contributed by atoms with Crippen molar-refractivity contribution < 1.29 is 4.79 Å². The highest BCUT2D eigenvalue weighted by Crippen LogP contribution is 2.18. The molecule has 0 saturated heterocycles. The molecule has 7 nitrogen and oxygen atoms in total. The fourth-order valence-electron chi connectivity index (χ4n) is 2.39. The summed E-state index contributed by atoms with van der Waals surface area (Å²) in [5.41, 5.74) is 5.48. The largest absolute Gasteiger partial charge is 0.353 e. The van der Waals surface area contributed by atoms with Crippen molar-refractivity contribution in [2.45, 2.75) is 56.3 Å². The average molecular weight is 298 g/mol. The van der Waals surface area contributed by atoms with Gasteiger partial charge in [0.1, 0.15) is 0 Å². The lowest BCUT2D eigenvalue weighted by atomic mass is 10.1. The molecule has 1 heterocycles. The highest BCUT2D eigenvalue weighted by Gasteiger charge is 2.15. The van der Waals surface area contributed by atoms with E-state index in [0.717, 1.165) is 12.8 Å². The van der Waals surface area contributed by atoms with Crippen LogP contribution in [0.4, 0.5) is 0 Å². The zero-order valence-electron chi connectivity index (χ0n) is 11.6. The topological polar surface area (TPSA) is 98.7 Å². The van der Waals surface area contributed by atoms with Crippen molar-refractivity contribution in [2.24, 2.45) is 5.73 Å². The minimum atomic E-state index is 0.0594. The second-order valence-corrected chi connectivity index (χ2v) is 5.96. The highest BCUT2D eigenvalue weighted by molar-refractivity contribution is 7.99. The van der Waals surface area contributed by atoms with Crippen LogP contribution < -0.4 is 11.1 Å². The molecule has 0 unspecified atom stereocenters. The van der Waals surface area contributed by atoms with Gasteiger partial charge in [-0.3, -0.25) is 4.79 Å². The number of aromatic nitrogens is 4. The molecule has 0 atom stereocenters. The van der Waals surface area contributed by atoms with E-state index in [1.54, 1.807) is 4.68 Å². The Kier molecular flexibility index (Phi) is 6.25. The van der Waals surface area contributed by atoms with E-state index < -0.39 is 0 Å². The first kappa shape index (κ1) is 15.2. The van der Waals surface area contributed by atoms with Gasteiger partial charge in [0.2, 0.25) is 11.1 Å². The normalized spacial score (nSPS) is 16.9. The van der Waals surface area contributed by atoms with E-state index in [-0.39, 0.29) is 5.91 Å². The van der Waals surface area contributed by atoms with Crippen molar-refractivity contribution in [1.82, 2.24) is 25.5 Å². The monoisotopic (exact) mass is 298 g/mol. The summed E-state index contributed by atoms with van der Waals surface area (Å²) in [4.78, 5) is 12.0. The number of nitrogens with two attached hydrogens (primary N) is 1. The van der Waals surface area contributed by atoms with Crippen molar-refractivity contribution in [3.63, 3.8) is 0 Å². The molecule has 1 saturated carbocycles. The van der Waals surface area contributed by atoms with Crippen LogP contribution in [0.5, 0.6) is 0 Å². The van der Waals surface area contributed by atoms with Crippen molar-refractivity contribution >= 4 is 17.7 Å². The zero-order chi connectivity index (χ0) is 14.2. The number of tetrazole rings is 1. The molecule has 1 aliphatic rings. The van der Waals surface area contributed by atoms with Crippen LogP contribution in [-0.2, 0) is 11.3 Å². The number of rotatable bonds is 6. The Balaban J connectivity index is 1.75. The van der Waals surface area contributed by atoms with Gasteiger partial charge < -0.3 is 11.1 Å². The van der Waals surface area contributed by atoms with E-state index in [1.807, 2.05) is 0 Å². The Morgan fingerprint density at radius 2 is 2.10 bits per heavy atom. The van der Waals surface area contributed by atoms with E-state index in [0.29, 0.717) is 30.0 Å². The molecule has 0 radical (unpaired) electrons. The Labute approximate surface area is 123 Å². The van der Waals surface area contributed by atoms with Gasteiger partial charge in [-0.05, 0) is 23.3 Å². The average Bonchev–Trinajstić information content (AvgIpc) is 2.71. The van der Waals surface area contributed by atoms with E-state index >= 15 is 0 Å². The molecule has 8 heteroatoms. The molecule has 3 N–H and O–H groups in total. The SMILES string of the molecule is NCCn1nnnc1SCC(=O)NC1CCCCCC1. The zero-order valence-corrected chi connectivity index (χ0v) is 12.4. The van der Waals surface area contributed by atoms with Crippen molar-refractivity contribution in [1.29, 1.82) is 0 Å². The molecule has 0 aliphatic heterocycles. The van der Waals surface area contributed by atoms with Crippen LogP contribution in [0, 0.1) is 0 Å². The molecule has 1 aliphatic carbocycles. The van der Waals surface area contributed by atoms with Gasteiger partial charge in [0, 0.05) is 12.6 Å². The summed E-state index contributed by atoms with van der Waals surface area (Å²) in [6.45, 7) is 1.05. The molecule has 1 aromatic rings. The fourth-order valence-corrected chi connectivity index (χ4v) is 3.10. The van der Waals surface area contributed by atoms with Crippen LogP contribution in [0.25, 0.3) is 0 Å². The Morgan fingerprint density at radius 3 is 2.80 bits per heavy atom. The maximum Gasteiger partial charge on any atom is 0.230 e. The number of carbonyl (C=O) groups excluding carboxylic acids is 1. The van der Waals surface area contributed by atoms with Crippen molar-refractivity contribution in [3.05, 3.63) is 0 Å². The van der Waals surface area contributed by atoms with E-state index in [9.17, 15) is 4.79 Å². The van der Waals surface area contributed by atoms with Gasteiger partial charge in [0.25, 0.3) is 0 Å². The summed E-state index contributed by atoms with van der Waals surface area (Å²) < 4.78 is 1.63. The van der Waals surface area contributed by atoms with Crippen molar-refractivity contribution in [3.8, 4) is 0 Å². The molecule has 0 bridgehead atoms. The molecule has 0 spiro atoms. The summed E-state index contributed by atoms with van der Waals surface area (Å²) in [6.07, 6.45) is 7.20. The number of nitrogens with one attached hydrogen (secondary N) is 1. The summed E-state index contributed by atoms with van der Waals surface area (Å²) in [5.74, 6) is 0.408. The number of amides is 1. The molecule has 1 fully saturated rings. The van der Waals surface area contributed by atoms with Gasteiger partial charge >= 0.3 is 0 Å². The van der Waals surface area contributed by atoms with Gasteiger partial charge in [0.15, 0.2) is 0 Å². The second-order valence-electron chi connectivity index (χ2n) is 5.02. The molecular formula is C12H22N6OS. The van der Waals surface area contributed by atoms with Gasteiger partial charge in [-0.15, -0.1) is 5.10 Å². The van der Waals surface area contributed by atoms with Gasteiger partial charge in [-0.2, -0.15) is 0 Å². The maximum absolute atomic E-state index is 12.0. The first-order valence-electron chi connectivity index (χ1n) is 7.18. The Bertz CT molecular complexity index is 416. The molecule has 2 rings (SSSR count). The second kappa shape index (κ2) is 8.21. The third-order valence-electron chi connectivity index (χ3n) is 3.39. The number of nitrogens with zero attached hydrogens (tertiary/aromatic N) is 4. The molecule has 0 aromatic carbocycles. The van der Waals surface area contributed by atoms with Crippen LogP contribution in [0.2, 0.25) is 0 Å². The molecule has 20 heavy (non-hydrogen) atoms.